The minimum atomic E-state index is -0.255. The Morgan fingerprint density at radius 2 is 1.87 bits per heavy atom. The Kier molecular flexibility index (Phi) is 3.89. The fourth-order valence-electron chi connectivity index (χ4n) is 2.33. The molecule has 1 amide bonds. The predicted molar refractivity (Wildman–Crippen MR) is 83.3 cm³/mol. The molecule has 0 bridgehead atoms. The Bertz CT molecular complexity index is 785. The number of anilines is 1. The summed E-state index contributed by atoms with van der Waals surface area (Å²) in [6.45, 7) is 1.53. The monoisotopic (exact) mass is 313 g/mol. The van der Waals surface area contributed by atoms with Crippen LogP contribution in [-0.2, 0) is 4.79 Å². The zero-order valence-corrected chi connectivity index (χ0v) is 12.7. The van der Waals surface area contributed by atoms with Crippen molar-refractivity contribution in [1.82, 2.24) is 0 Å². The minimum Gasteiger partial charge on any atom is -0.497 e. The molecule has 0 aromatic heterocycles. The van der Waals surface area contributed by atoms with Crippen LogP contribution in [0.3, 0.4) is 0 Å². The molecule has 0 saturated carbocycles. The molecule has 2 aromatic rings. The van der Waals surface area contributed by atoms with Gasteiger partial charge in [0.1, 0.15) is 5.75 Å². The second-order valence-electron chi connectivity index (χ2n) is 4.99. The molecule has 6 nitrogen and oxygen atoms in total. The number of fused-ring (bicyclic) bond motifs is 1. The number of carbonyl (C=O) groups excluding carboxylic acids is 2. The summed E-state index contributed by atoms with van der Waals surface area (Å²) in [7, 11) is 1.52. The van der Waals surface area contributed by atoms with Crippen LogP contribution in [0, 0.1) is 0 Å². The van der Waals surface area contributed by atoms with Crippen molar-refractivity contribution in [2.45, 2.75) is 6.92 Å². The van der Waals surface area contributed by atoms with Crippen molar-refractivity contribution in [3.63, 3.8) is 0 Å². The van der Waals surface area contributed by atoms with Crippen molar-refractivity contribution in [3.8, 4) is 17.2 Å². The Morgan fingerprint density at radius 1 is 1.09 bits per heavy atom. The van der Waals surface area contributed by atoms with E-state index >= 15 is 0 Å². The van der Waals surface area contributed by atoms with E-state index in [2.05, 4.69) is 5.32 Å². The number of nitrogens with one attached hydrogen (secondary N) is 1. The van der Waals surface area contributed by atoms with E-state index in [1.165, 1.54) is 14.0 Å². The van der Waals surface area contributed by atoms with Gasteiger partial charge in [-0.05, 0) is 36.4 Å². The van der Waals surface area contributed by atoms with E-state index in [-0.39, 0.29) is 18.5 Å². The van der Waals surface area contributed by atoms with Gasteiger partial charge in [-0.15, -0.1) is 0 Å². The molecule has 6 heteroatoms. The highest BCUT2D eigenvalue weighted by molar-refractivity contribution is 6.14. The van der Waals surface area contributed by atoms with Gasteiger partial charge in [-0.3, -0.25) is 9.59 Å². The largest absolute Gasteiger partial charge is 0.497 e. The molecule has 1 aliphatic heterocycles. The van der Waals surface area contributed by atoms with E-state index in [1.807, 2.05) is 0 Å². The average Bonchev–Trinajstić information content (AvgIpc) is 3.01. The minimum absolute atomic E-state index is 0.142. The van der Waals surface area contributed by atoms with E-state index in [0.29, 0.717) is 34.1 Å². The second-order valence-corrected chi connectivity index (χ2v) is 4.99. The van der Waals surface area contributed by atoms with Crippen molar-refractivity contribution in [3.05, 3.63) is 47.5 Å². The summed E-state index contributed by atoms with van der Waals surface area (Å²) in [4.78, 5) is 24.2. The third kappa shape index (κ3) is 2.96. The van der Waals surface area contributed by atoms with Crippen LogP contribution in [0.5, 0.6) is 17.2 Å². The zero-order valence-electron chi connectivity index (χ0n) is 12.7. The Labute approximate surface area is 133 Å². The highest BCUT2D eigenvalue weighted by Gasteiger charge is 2.20. The van der Waals surface area contributed by atoms with E-state index in [4.69, 9.17) is 14.2 Å². The molecule has 0 atom stereocenters. The predicted octanol–water partition coefficient (Wildman–Crippen LogP) is 2.61. The molecule has 1 heterocycles. The SMILES string of the molecule is COc1ccc(NC(C)=O)c(C(=O)c2ccc3c(c2)OCO3)c1. The summed E-state index contributed by atoms with van der Waals surface area (Å²) in [5.74, 6) is 1.16. The molecule has 2 aromatic carbocycles. The first-order valence-electron chi connectivity index (χ1n) is 6.98. The zero-order chi connectivity index (χ0) is 16.4. The number of rotatable bonds is 4. The van der Waals surface area contributed by atoms with Gasteiger partial charge in [0.05, 0.1) is 12.8 Å². The molecular formula is C17H15NO5. The Morgan fingerprint density at radius 3 is 2.61 bits per heavy atom. The number of methoxy groups -OCH3 is 1. The van der Waals surface area contributed by atoms with E-state index in [1.54, 1.807) is 36.4 Å². The molecule has 3 rings (SSSR count). The van der Waals surface area contributed by atoms with Gasteiger partial charge in [-0.2, -0.15) is 0 Å². The Balaban J connectivity index is 2.01. The number of carbonyl (C=O) groups is 2. The van der Waals surface area contributed by atoms with Crippen molar-refractivity contribution in [1.29, 1.82) is 0 Å². The maximum Gasteiger partial charge on any atom is 0.231 e. The maximum atomic E-state index is 12.8. The molecular weight excluding hydrogens is 298 g/mol. The van der Waals surface area contributed by atoms with Crippen LogP contribution in [0.4, 0.5) is 5.69 Å². The molecule has 0 saturated heterocycles. The number of hydrogen-bond acceptors (Lipinski definition) is 5. The summed E-state index contributed by atoms with van der Waals surface area (Å²) in [5.41, 5.74) is 1.22. The van der Waals surface area contributed by atoms with Gasteiger partial charge >= 0.3 is 0 Å². The van der Waals surface area contributed by atoms with Crippen LogP contribution in [-0.4, -0.2) is 25.6 Å². The smallest absolute Gasteiger partial charge is 0.231 e. The molecule has 1 N–H and O–H groups in total. The molecule has 0 radical (unpaired) electrons. The summed E-state index contributed by atoms with van der Waals surface area (Å²) >= 11 is 0. The summed E-state index contributed by atoms with van der Waals surface area (Å²) < 4.78 is 15.7. The molecule has 1 aliphatic rings. The number of benzene rings is 2. The molecule has 23 heavy (non-hydrogen) atoms. The number of hydrogen-bond donors (Lipinski definition) is 1. The first kappa shape index (κ1) is 14.9. The molecule has 0 spiro atoms. The van der Waals surface area contributed by atoms with Crippen LogP contribution in [0.2, 0.25) is 0 Å². The van der Waals surface area contributed by atoms with Crippen molar-refractivity contribution >= 4 is 17.4 Å². The van der Waals surface area contributed by atoms with Gasteiger partial charge in [-0.1, -0.05) is 0 Å². The normalized spacial score (nSPS) is 11.9. The highest BCUT2D eigenvalue weighted by Crippen LogP contribution is 2.34. The fraction of sp³-hybridized carbons (Fsp3) is 0.176. The van der Waals surface area contributed by atoms with Crippen LogP contribution in [0.1, 0.15) is 22.8 Å². The lowest BCUT2D eigenvalue weighted by Crippen LogP contribution is -2.12. The lowest BCUT2D eigenvalue weighted by molar-refractivity contribution is -0.114. The quantitative estimate of drug-likeness (QED) is 0.878. The van der Waals surface area contributed by atoms with Crippen LogP contribution >= 0.6 is 0 Å². The Hall–Kier alpha value is -3.02. The van der Waals surface area contributed by atoms with Crippen molar-refractivity contribution in [2.24, 2.45) is 0 Å². The van der Waals surface area contributed by atoms with Crippen molar-refractivity contribution in [2.75, 3.05) is 19.2 Å². The second kappa shape index (κ2) is 6.00. The van der Waals surface area contributed by atoms with Gasteiger partial charge < -0.3 is 19.5 Å². The third-order valence-electron chi connectivity index (χ3n) is 3.42. The van der Waals surface area contributed by atoms with Gasteiger partial charge in [0.2, 0.25) is 12.7 Å². The van der Waals surface area contributed by atoms with Crippen LogP contribution < -0.4 is 19.5 Å². The summed E-state index contributed by atoms with van der Waals surface area (Å²) in [6, 6.07) is 9.89. The first-order valence-corrected chi connectivity index (χ1v) is 6.98. The van der Waals surface area contributed by atoms with Gasteiger partial charge in [0.15, 0.2) is 17.3 Å². The van der Waals surface area contributed by atoms with Crippen LogP contribution in [0.15, 0.2) is 36.4 Å². The van der Waals surface area contributed by atoms with E-state index in [9.17, 15) is 9.59 Å². The first-order chi connectivity index (χ1) is 11.1. The maximum absolute atomic E-state index is 12.8. The third-order valence-corrected chi connectivity index (χ3v) is 3.42. The molecule has 0 unspecified atom stereocenters. The topological polar surface area (TPSA) is 73.9 Å². The molecule has 0 fully saturated rings. The van der Waals surface area contributed by atoms with Crippen LogP contribution in [0.25, 0.3) is 0 Å². The lowest BCUT2D eigenvalue weighted by atomic mass is 10.0. The number of ether oxygens (including phenoxy) is 3. The molecule has 0 aliphatic carbocycles. The lowest BCUT2D eigenvalue weighted by Gasteiger charge is -2.11. The number of ketones is 1. The standard InChI is InChI=1S/C17H15NO5/c1-10(19)18-14-5-4-12(21-2)8-13(14)17(20)11-3-6-15-16(7-11)23-9-22-15/h3-8H,9H2,1-2H3,(H,18,19). The van der Waals surface area contributed by atoms with Gasteiger partial charge in [0, 0.05) is 18.1 Å². The van der Waals surface area contributed by atoms with Gasteiger partial charge in [-0.25, -0.2) is 0 Å². The van der Waals surface area contributed by atoms with E-state index in [0.717, 1.165) is 0 Å². The number of amides is 1. The summed E-state index contributed by atoms with van der Waals surface area (Å²) in [6.07, 6.45) is 0. The van der Waals surface area contributed by atoms with E-state index < -0.39 is 0 Å². The fourth-order valence-corrected chi connectivity index (χ4v) is 2.33. The van der Waals surface area contributed by atoms with Gasteiger partial charge in [0.25, 0.3) is 0 Å². The summed E-state index contributed by atoms with van der Waals surface area (Å²) in [5, 5.41) is 2.66. The van der Waals surface area contributed by atoms with Crippen molar-refractivity contribution < 1.29 is 23.8 Å². The highest BCUT2D eigenvalue weighted by atomic mass is 16.7. The average molecular weight is 313 g/mol. The molecule has 118 valence electrons.